The highest BCUT2D eigenvalue weighted by atomic mass is 79.9. The van der Waals surface area contributed by atoms with Crippen molar-refractivity contribution in [1.29, 1.82) is 0 Å². The Hall–Kier alpha value is -3.04. The van der Waals surface area contributed by atoms with Crippen molar-refractivity contribution in [2.24, 2.45) is 11.8 Å². The molecule has 36 heavy (non-hydrogen) atoms. The number of carbonyl (C=O) groups is 2. The first-order valence-corrected chi connectivity index (χ1v) is 12.8. The summed E-state index contributed by atoms with van der Waals surface area (Å²) in [6, 6.07) is 11.6. The van der Waals surface area contributed by atoms with E-state index in [0.29, 0.717) is 45.8 Å². The molecule has 0 unspecified atom stereocenters. The number of carbonyl (C=O) groups excluding carboxylic acids is 2. The molecule has 1 saturated heterocycles. The maximum absolute atomic E-state index is 14.1. The minimum absolute atomic E-state index is 0.0407. The van der Waals surface area contributed by atoms with Crippen molar-refractivity contribution in [2.75, 3.05) is 13.1 Å². The normalized spacial score (nSPS) is 21.1. The highest BCUT2D eigenvalue weighted by Crippen LogP contribution is 2.37. The van der Waals surface area contributed by atoms with E-state index in [0.717, 1.165) is 25.5 Å². The minimum Gasteiger partial charge on any atom is -0.439 e. The van der Waals surface area contributed by atoms with Crippen LogP contribution in [0.4, 0.5) is 4.39 Å². The largest absolute Gasteiger partial charge is 0.439 e. The molecule has 186 valence electrons. The predicted molar refractivity (Wildman–Crippen MR) is 136 cm³/mol. The number of benzene rings is 1. The Labute approximate surface area is 221 Å². The van der Waals surface area contributed by atoms with Crippen molar-refractivity contribution in [3.8, 4) is 11.6 Å². The van der Waals surface area contributed by atoms with E-state index in [1.165, 1.54) is 12.3 Å². The van der Waals surface area contributed by atoms with Crippen LogP contribution in [-0.2, 0) is 0 Å². The lowest BCUT2D eigenvalue weighted by atomic mass is 9.78. The molecule has 3 heterocycles. The third-order valence-electron chi connectivity index (χ3n) is 6.79. The lowest BCUT2D eigenvalue weighted by Gasteiger charge is -2.33. The van der Waals surface area contributed by atoms with Gasteiger partial charge >= 0.3 is 0 Å². The van der Waals surface area contributed by atoms with Gasteiger partial charge in [0.15, 0.2) is 5.82 Å². The van der Waals surface area contributed by atoms with Crippen molar-refractivity contribution < 1.29 is 18.7 Å². The average Bonchev–Trinajstić information content (AvgIpc) is 3.32. The molecule has 1 aliphatic carbocycles. The van der Waals surface area contributed by atoms with Gasteiger partial charge in [-0.15, -0.1) is 0 Å². The van der Waals surface area contributed by atoms with Gasteiger partial charge in [0.25, 0.3) is 11.8 Å². The van der Waals surface area contributed by atoms with Crippen LogP contribution in [0.5, 0.6) is 11.6 Å². The summed E-state index contributed by atoms with van der Waals surface area (Å²) in [6.07, 6.45) is 5.27. The lowest BCUT2D eigenvalue weighted by molar-refractivity contribution is 0.0782. The second-order valence-electron chi connectivity index (χ2n) is 9.07. The maximum atomic E-state index is 14.1. The lowest BCUT2D eigenvalue weighted by Crippen LogP contribution is -2.45. The highest BCUT2D eigenvalue weighted by molar-refractivity contribution is 9.10. The smallest absolute Gasteiger partial charge is 0.254 e. The molecule has 0 bridgehead atoms. The van der Waals surface area contributed by atoms with E-state index in [9.17, 15) is 14.0 Å². The first kappa shape index (κ1) is 24.6. The van der Waals surface area contributed by atoms with Gasteiger partial charge in [-0.3, -0.25) is 9.59 Å². The van der Waals surface area contributed by atoms with Crippen LogP contribution in [0.2, 0.25) is 5.02 Å². The number of pyridine rings is 2. The van der Waals surface area contributed by atoms with Crippen LogP contribution >= 0.6 is 27.5 Å². The third kappa shape index (κ3) is 5.37. The molecule has 1 saturated carbocycles. The summed E-state index contributed by atoms with van der Waals surface area (Å²) in [6.45, 7) is 1.18. The Morgan fingerprint density at radius 1 is 1.08 bits per heavy atom. The quantitative estimate of drug-likeness (QED) is 0.408. The van der Waals surface area contributed by atoms with Crippen LogP contribution in [0.15, 0.2) is 59.5 Å². The molecule has 3 aromatic rings. The molecule has 0 radical (unpaired) electrons. The van der Waals surface area contributed by atoms with Gasteiger partial charge < -0.3 is 15.0 Å². The molecule has 1 N–H and O–H groups in total. The summed E-state index contributed by atoms with van der Waals surface area (Å²) in [7, 11) is 0. The van der Waals surface area contributed by atoms with Gasteiger partial charge in [0, 0.05) is 42.9 Å². The second kappa shape index (κ2) is 10.5. The molecular weight excluding hydrogens is 551 g/mol. The number of rotatable bonds is 5. The molecular formula is C26H23BrClFN4O3. The van der Waals surface area contributed by atoms with E-state index >= 15 is 0 Å². The zero-order chi connectivity index (χ0) is 25.2. The molecule has 5 rings (SSSR count). The van der Waals surface area contributed by atoms with E-state index < -0.39 is 11.7 Å². The van der Waals surface area contributed by atoms with Gasteiger partial charge in [-0.1, -0.05) is 18.0 Å². The number of aromatic nitrogens is 2. The summed E-state index contributed by atoms with van der Waals surface area (Å²) in [4.78, 5) is 35.8. The standard InChI is InChI=1S/C26H23BrClFN4O3/c27-23-10-19(21(29)12-30-23)25(34)32-22-3-1-2-16-13-33(14-20(16)22)26(35)15-4-7-18(8-5-15)36-24-9-6-17(28)11-31-24/h4-12,16,20,22H,1-3,13-14H2,(H,32,34)/t16-,20-,22+/m1/s1. The average molecular weight is 574 g/mol. The Morgan fingerprint density at radius 3 is 2.64 bits per heavy atom. The summed E-state index contributed by atoms with van der Waals surface area (Å²) >= 11 is 9.04. The number of halogens is 3. The Kier molecular flexibility index (Phi) is 7.20. The number of hydrogen-bond acceptors (Lipinski definition) is 5. The molecule has 7 nitrogen and oxygen atoms in total. The first-order chi connectivity index (χ1) is 17.4. The van der Waals surface area contributed by atoms with E-state index in [1.54, 1.807) is 36.4 Å². The van der Waals surface area contributed by atoms with Crippen molar-refractivity contribution in [1.82, 2.24) is 20.2 Å². The SMILES string of the molecule is O=C(N[C@H]1CCC[C@@H]2CN(C(=O)c3ccc(Oc4ccc(Cl)cn4)cc3)C[C@H]21)c1cc(Br)ncc1F. The molecule has 2 amide bonds. The highest BCUT2D eigenvalue weighted by Gasteiger charge is 2.42. The van der Waals surface area contributed by atoms with Crippen LogP contribution < -0.4 is 10.1 Å². The van der Waals surface area contributed by atoms with Crippen LogP contribution in [0.25, 0.3) is 0 Å². The fourth-order valence-corrected chi connectivity index (χ4v) is 5.48. The number of amides is 2. The molecule has 2 aromatic heterocycles. The van der Waals surface area contributed by atoms with Gasteiger partial charge in [-0.25, -0.2) is 14.4 Å². The summed E-state index contributed by atoms with van der Waals surface area (Å²) < 4.78 is 20.3. The third-order valence-corrected chi connectivity index (χ3v) is 7.45. The van der Waals surface area contributed by atoms with Gasteiger partial charge in [-0.2, -0.15) is 0 Å². The van der Waals surface area contributed by atoms with E-state index in [2.05, 4.69) is 31.2 Å². The van der Waals surface area contributed by atoms with Crippen LogP contribution in [-0.4, -0.2) is 45.8 Å². The van der Waals surface area contributed by atoms with Crippen molar-refractivity contribution in [2.45, 2.75) is 25.3 Å². The number of nitrogens with zero attached hydrogens (tertiary/aromatic N) is 3. The number of hydrogen-bond donors (Lipinski definition) is 1. The van der Waals surface area contributed by atoms with Crippen molar-refractivity contribution in [3.05, 3.63) is 81.4 Å². The fraction of sp³-hybridized carbons (Fsp3) is 0.308. The van der Waals surface area contributed by atoms with Crippen molar-refractivity contribution in [3.63, 3.8) is 0 Å². The Morgan fingerprint density at radius 2 is 1.89 bits per heavy atom. The van der Waals surface area contributed by atoms with Crippen LogP contribution in [0, 0.1) is 17.7 Å². The van der Waals surface area contributed by atoms with Crippen LogP contribution in [0.3, 0.4) is 0 Å². The number of fused-ring (bicyclic) bond motifs is 1. The Bertz CT molecular complexity index is 1280. The minimum atomic E-state index is -0.662. The number of nitrogens with one attached hydrogen (secondary N) is 1. The molecule has 2 fully saturated rings. The summed E-state index contributed by atoms with van der Waals surface area (Å²) in [5.74, 6) is 0.208. The fourth-order valence-electron chi connectivity index (χ4n) is 5.04. The van der Waals surface area contributed by atoms with E-state index in [1.807, 2.05) is 4.90 Å². The molecule has 1 aromatic carbocycles. The topological polar surface area (TPSA) is 84.4 Å². The zero-order valence-electron chi connectivity index (χ0n) is 19.2. The first-order valence-electron chi connectivity index (χ1n) is 11.7. The number of likely N-dealkylation sites (tertiary alicyclic amines) is 1. The van der Waals surface area contributed by atoms with Gasteiger partial charge in [0.1, 0.15) is 10.4 Å². The Balaban J connectivity index is 1.23. The summed E-state index contributed by atoms with van der Waals surface area (Å²) in [5.41, 5.74) is 0.524. The molecule has 3 atom stereocenters. The second-order valence-corrected chi connectivity index (χ2v) is 10.3. The summed E-state index contributed by atoms with van der Waals surface area (Å²) in [5, 5.41) is 3.53. The zero-order valence-corrected chi connectivity index (χ0v) is 21.5. The molecule has 0 spiro atoms. The molecule has 10 heteroatoms. The monoisotopic (exact) mass is 572 g/mol. The van der Waals surface area contributed by atoms with Gasteiger partial charge in [0.05, 0.1) is 16.8 Å². The molecule has 1 aliphatic heterocycles. The number of ether oxygens (including phenoxy) is 1. The van der Waals surface area contributed by atoms with E-state index in [-0.39, 0.29) is 23.4 Å². The van der Waals surface area contributed by atoms with E-state index in [4.69, 9.17) is 16.3 Å². The maximum Gasteiger partial charge on any atom is 0.254 e. The van der Waals surface area contributed by atoms with Crippen LogP contribution in [0.1, 0.15) is 40.0 Å². The van der Waals surface area contributed by atoms with Gasteiger partial charge in [-0.05, 0) is 71.1 Å². The molecule has 2 aliphatic rings. The van der Waals surface area contributed by atoms with Crippen molar-refractivity contribution >= 4 is 39.3 Å². The predicted octanol–water partition coefficient (Wildman–Crippen LogP) is 5.49. The van der Waals surface area contributed by atoms with Gasteiger partial charge in [0.2, 0.25) is 5.88 Å².